The van der Waals surface area contributed by atoms with Gasteiger partial charge in [0.05, 0.1) is 0 Å². The van der Waals surface area contributed by atoms with Gasteiger partial charge in [0.2, 0.25) is 0 Å². The highest BCUT2D eigenvalue weighted by atomic mass is 33.1. The number of hydrogen-bond donors (Lipinski definition) is 0. The molecule has 0 aromatic heterocycles. The van der Waals surface area contributed by atoms with Crippen LogP contribution in [-0.4, -0.2) is 10.5 Å². The summed E-state index contributed by atoms with van der Waals surface area (Å²) in [6.45, 7) is 4.58. The Bertz CT molecular complexity index is 73.0. The molecule has 2 unspecified atom stereocenters. The predicted octanol–water partition coefficient (Wildman–Crippen LogP) is 3.33. The lowest BCUT2D eigenvalue weighted by atomic mass is 10.1. The molecule has 1 rings (SSSR count). The van der Waals surface area contributed by atoms with E-state index in [1.165, 1.54) is 19.3 Å². The van der Waals surface area contributed by atoms with Crippen LogP contribution in [0.25, 0.3) is 0 Å². The van der Waals surface area contributed by atoms with E-state index in [4.69, 9.17) is 0 Å². The van der Waals surface area contributed by atoms with Crippen molar-refractivity contribution in [1.29, 1.82) is 0 Å². The molecule has 1 saturated heterocycles. The Morgan fingerprint density at radius 3 is 1.78 bits per heavy atom. The summed E-state index contributed by atoms with van der Waals surface area (Å²) in [5.74, 6) is 0. The van der Waals surface area contributed by atoms with Crippen LogP contribution in [0.5, 0.6) is 0 Å². The van der Waals surface area contributed by atoms with Crippen molar-refractivity contribution in [2.24, 2.45) is 0 Å². The number of hydrogen-bond acceptors (Lipinski definition) is 2. The van der Waals surface area contributed by atoms with Gasteiger partial charge >= 0.3 is 0 Å². The topological polar surface area (TPSA) is 0 Å². The maximum atomic E-state index is 2.29. The average molecular weight is 162 g/mol. The minimum Gasteiger partial charge on any atom is -0.0904 e. The van der Waals surface area contributed by atoms with Crippen molar-refractivity contribution in [3.8, 4) is 0 Å². The molecule has 9 heavy (non-hydrogen) atoms. The van der Waals surface area contributed by atoms with E-state index in [-0.39, 0.29) is 0 Å². The maximum absolute atomic E-state index is 2.29. The molecule has 0 aromatic carbocycles. The first kappa shape index (κ1) is 7.80. The van der Waals surface area contributed by atoms with Crippen molar-refractivity contribution >= 4 is 21.6 Å². The quantitative estimate of drug-likeness (QED) is 0.571. The fourth-order valence-corrected chi connectivity index (χ4v) is 4.56. The van der Waals surface area contributed by atoms with Crippen molar-refractivity contribution in [1.82, 2.24) is 0 Å². The third-order valence-electron chi connectivity index (χ3n) is 1.76. The SMILES string of the molecule is CCC1CC(CC)SS1. The van der Waals surface area contributed by atoms with Crippen molar-refractivity contribution in [2.75, 3.05) is 0 Å². The molecule has 1 fully saturated rings. The molecule has 0 bridgehead atoms. The minimum absolute atomic E-state index is 0.958. The van der Waals surface area contributed by atoms with E-state index in [1.807, 2.05) is 0 Å². The highest BCUT2D eigenvalue weighted by Crippen LogP contribution is 2.45. The normalized spacial score (nSPS) is 35.3. The van der Waals surface area contributed by atoms with Crippen LogP contribution in [0.2, 0.25) is 0 Å². The van der Waals surface area contributed by atoms with Crippen LogP contribution >= 0.6 is 21.6 Å². The second-order valence-electron chi connectivity index (χ2n) is 2.49. The second kappa shape index (κ2) is 3.77. The molecule has 0 saturated carbocycles. The van der Waals surface area contributed by atoms with Gasteiger partial charge in [-0.25, -0.2) is 0 Å². The van der Waals surface area contributed by atoms with Crippen LogP contribution in [0, 0.1) is 0 Å². The van der Waals surface area contributed by atoms with Gasteiger partial charge in [-0.1, -0.05) is 35.4 Å². The van der Waals surface area contributed by atoms with Crippen LogP contribution in [0.3, 0.4) is 0 Å². The second-order valence-corrected chi connectivity index (χ2v) is 5.36. The molecule has 0 amide bonds. The lowest BCUT2D eigenvalue weighted by Gasteiger charge is -2.02. The fourth-order valence-electron chi connectivity index (χ4n) is 0.998. The predicted molar refractivity (Wildman–Crippen MR) is 48.0 cm³/mol. The van der Waals surface area contributed by atoms with Gasteiger partial charge in [-0.3, -0.25) is 0 Å². The maximum Gasteiger partial charge on any atom is 0.0159 e. The monoisotopic (exact) mass is 162 g/mol. The average Bonchev–Trinajstić information content (AvgIpc) is 2.34. The number of rotatable bonds is 2. The molecule has 0 spiro atoms. The van der Waals surface area contributed by atoms with Gasteiger partial charge in [-0.05, 0) is 19.3 Å². The lowest BCUT2D eigenvalue weighted by molar-refractivity contribution is 0.698. The molecule has 0 nitrogen and oxygen atoms in total. The third-order valence-corrected chi connectivity index (χ3v) is 5.44. The molecule has 1 aliphatic heterocycles. The Morgan fingerprint density at radius 2 is 1.56 bits per heavy atom. The van der Waals surface area contributed by atoms with E-state index in [0.29, 0.717) is 0 Å². The van der Waals surface area contributed by atoms with Crippen molar-refractivity contribution in [3.05, 3.63) is 0 Å². The molecule has 0 aromatic rings. The van der Waals surface area contributed by atoms with Crippen molar-refractivity contribution < 1.29 is 0 Å². The summed E-state index contributed by atoms with van der Waals surface area (Å²) in [6.07, 6.45) is 4.16. The van der Waals surface area contributed by atoms with Crippen LogP contribution < -0.4 is 0 Å². The van der Waals surface area contributed by atoms with Crippen LogP contribution in [-0.2, 0) is 0 Å². The molecule has 0 aliphatic carbocycles. The standard InChI is InChI=1S/C7H14S2/c1-3-6-5-7(4-2)9-8-6/h6-7H,3-5H2,1-2H3. The van der Waals surface area contributed by atoms with Crippen molar-refractivity contribution in [2.45, 2.75) is 43.6 Å². The summed E-state index contributed by atoms with van der Waals surface area (Å²) in [6, 6.07) is 0. The largest absolute Gasteiger partial charge is 0.0904 e. The molecule has 2 atom stereocenters. The highest BCUT2D eigenvalue weighted by molar-refractivity contribution is 8.77. The van der Waals surface area contributed by atoms with E-state index < -0.39 is 0 Å². The summed E-state index contributed by atoms with van der Waals surface area (Å²) in [5, 5.41) is 1.92. The van der Waals surface area contributed by atoms with Crippen molar-refractivity contribution in [3.63, 3.8) is 0 Å². The zero-order valence-corrected chi connectivity index (χ0v) is 7.73. The van der Waals surface area contributed by atoms with Gasteiger partial charge in [-0.2, -0.15) is 0 Å². The van der Waals surface area contributed by atoms with E-state index >= 15 is 0 Å². The summed E-state index contributed by atoms with van der Waals surface area (Å²) in [4.78, 5) is 0. The Balaban J connectivity index is 2.20. The highest BCUT2D eigenvalue weighted by Gasteiger charge is 2.22. The van der Waals surface area contributed by atoms with E-state index in [2.05, 4.69) is 35.4 Å². The first-order valence-corrected chi connectivity index (χ1v) is 5.96. The van der Waals surface area contributed by atoms with Crippen LogP contribution in [0.4, 0.5) is 0 Å². The summed E-state index contributed by atoms with van der Waals surface area (Å²) >= 11 is 0. The molecular weight excluding hydrogens is 148 g/mol. The van der Waals surface area contributed by atoms with Gasteiger partial charge in [0.1, 0.15) is 0 Å². The lowest BCUT2D eigenvalue weighted by Crippen LogP contribution is -2.00. The zero-order chi connectivity index (χ0) is 6.69. The molecule has 1 aliphatic rings. The van der Waals surface area contributed by atoms with Gasteiger partial charge in [0, 0.05) is 10.5 Å². The van der Waals surface area contributed by atoms with E-state index in [9.17, 15) is 0 Å². The van der Waals surface area contributed by atoms with Gasteiger partial charge in [0.15, 0.2) is 0 Å². The van der Waals surface area contributed by atoms with Gasteiger partial charge < -0.3 is 0 Å². The van der Waals surface area contributed by atoms with Crippen LogP contribution in [0.1, 0.15) is 33.1 Å². The zero-order valence-electron chi connectivity index (χ0n) is 6.09. The molecule has 0 radical (unpaired) electrons. The summed E-state index contributed by atoms with van der Waals surface area (Å²) in [5.41, 5.74) is 0. The molecule has 54 valence electrons. The van der Waals surface area contributed by atoms with E-state index in [0.717, 1.165) is 10.5 Å². The van der Waals surface area contributed by atoms with E-state index in [1.54, 1.807) is 0 Å². The molecular formula is C7H14S2. The molecule has 0 N–H and O–H groups in total. The Kier molecular flexibility index (Phi) is 3.27. The Hall–Kier alpha value is 0.700. The molecule has 1 heterocycles. The first-order valence-electron chi connectivity index (χ1n) is 3.69. The summed E-state index contributed by atoms with van der Waals surface area (Å²) < 4.78 is 0. The van der Waals surface area contributed by atoms with Gasteiger partial charge in [-0.15, -0.1) is 0 Å². The summed E-state index contributed by atoms with van der Waals surface area (Å²) in [7, 11) is 4.18. The minimum atomic E-state index is 0.958. The smallest absolute Gasteiger partial charge is 0.0159 e. The third kappa shape index (κ3) is 2.08. The Labute approximate surface area is 65.6 Å². The van der Waals surface area contributed by atoms with Crippen LogP contribution in [0.15, 0.2) is 0 Å². The first-order chi connectivity index (χ1) is 4.36. The Morgan fingerprint density at radius 1 is 1.11 bits per heavy atom. The fraction of sp³-hybridized carbons (Fsp3) is 1.00. The molecule has 2 heteroatoms. The van der Waals surface area contributed by atoms with Gasteiger partial charge in [0.25, 0.3) is 0 Å².